The lowest BCUT2D eigenvalue weighted by atomic mass is 9.92. The minimum Gasteiger partial charge on any atom is -0.482 e. The van der Waals surface area contributed by atoms with Gasteiger partial charge in [-0.05, 0) is 35.4 Å². The first-order valence-electron chi connectivity index (χ1n) is 32.7. The minimum atomic E-state index is -2.36. The number of benzene rings is 3. The molecule has 5 fully saturated rings. The lowest BCUT2D eigenvalue weighted by Gasteiger charge is -2.48. The number of amides is 6. The topological polar surface area (TPSA) is 621 Å². The molecule has 6 amide bonds. The normalized spacial score (nSPS) is 35.8. The number of hydrogen-bond acceptors (Lipinski definition) is 33. The number of nitrogens with one attached hydrogen (secondary N) is 7. The number of ether oxygens (including phenoxy) is 8. The Hall–Kier alpha value is -8.63. The van der Waals surface area contributed by atoms with Gasteiger partial charge < -0.3 is 158 Å². The van der Waals surface area contributed by atoms with Crippen molar-refractivity contribution in [3.63, 3.8) is 0 Å². The van der Waals surface area contributed by atoms with Crippen molar-refractivity contribution in [1.29, 1.82) is 0 Å². The molecule has 0 bridgehead atoms. The molecule has 26 unspecified atom stereocenters. The highest BCUT2D eigenvalue weighted by molar-refractivity contribution is 5.98. The molecule has 564 valence electrons. The number of rotatable bonds is 20. The van der Waals surface area contributed by atoms with Crippen LogP contribution in [0.5, 0.6) is 11.5 Å². The van der Waals surface area contributed by atoms with Gasteiger partial charge in [0.25, 0.3) is 0 Å². The van der Waals surface area contributed by atoms with Gasteiger partial charge in [0.1, 0.15) is 127 Å². The maximum Gasteiger partial charge on any atom is 0.341 e. The van der Waals surface area contributed by atoms with Gasteiger partial charge in [-0.15, -0.1) is 0 Å². The Labute approximate surface area is 584 Å². The average Bonchev–Trinajstić information content (AvgIpc) is 1.75. The first kappa shape index (κ1) is 77.0. The summed E-state index contributed by atoms with van der Waals surface area (Å²) in [6.07, 6.45) is -31.7. The van der Waals surface area contributed by atoms with Crippen LogP contribution in [0.1, 0.15) is 35.8 Å². The van der Waals surface area contributed by atoms with E-state index >= 15 is 9.59 Å². The maximum atomic E-state index is 15.2. The van der Waals surface area contributed by atoms with Gasteiger partial charge >= 0.3 is 5.97 Å². The van der Waals surface area contributed by atoms with E-state index in [-0.39, 0.29) is 36.2 Å². The third-order valence-corrected chi connectivity index (χ3v) is 18.5. The van der Waals surface area contributed by atoms with Crippen molar-refractivity contribution in [2.24, 2.45) is 21.5 Å². The van der Waals surface area contributed by atoms with Crippen molar-refractivity contribution in [1.82, 2.24) is 42.1 Å². The quantitative estimate of drug-likeness (QED) is 0.0499. The number of nitrogens with two attached hydrogens (primary N) is 2. The fraction of sp³-hybridized carbons (Fsp3) is 0.571. The van der Waals surface area contributed by atoms with Crippen LogP contribution in [0.4, 0.5) is 0 Å². The summed E-state index contributed by atoms with van der Waals surface area (Å²) in [6, 6.07) is 6.92. The van der Waals surface area contributed by atoms with E-state index in [9.17, 15) is 85.3 Å². The van der Waals surface area contributed by atoms with Gasteiger partial charge in [0.15, 0.2) is 37.3 Å². The predicted molar refractivity (Wildman–Crippen MR) is 343 cm³/mol. The monoisotopic (exact) mass is 1460 g/mol. The third kappa shape index (κ3) is 17.6. The Bertz CT molecular complexity index is 3530. The molecule has 103 heavy (non-hydrogen) atoms. The number of aliphatic imine (C=N–C) groups is 2. The van der Waals surface area contributed by atoms with E-state index in [1.54, 1.807) is 49.4 Å². The lowest BCUT2D eigenvalue weighted by molar-refractivity contribution is -0.383. The molecule has 3 aromatic rings. The zero-order valence-electron chi connectivity index (χ0n) is 54.8. The third-order valence-electron chi connectivity index (χ3n) is 18.5. The molecule has 0 spiro atoms. The highest BCUT2D eigenvalue weighted by atomic mass is 16.8. The number of carboxylic acids is 1. The van der Waals surface area contributed by atoms with Crippen LogP contribution in [0.3, 0.4) is 0 Å². The van der Waals surface area contributed by atoms with Crippen molar-refractivity contribution in [3.8, 4) is 11.5 Å². The van der Waals surface area contributed by atoms with Crippen molar-refractivity contribution < 1.29 is 138 Å². The summed E-state index contributed by atoms with van der Waals surface area (Å²) in [5.41, 5.74) is 13.2. The maximum absolute atomic E-state index is 15.2. The van der Waals surface area contributed by atoms with E-state index in [4.69, 9.17) is 54.5 Å². The predicted octanol–water partition coefficient (Wildman–Crippen LogP) is -11.4. The number of fused-ring (bicyclic) bond motifs is 1. The standard InChI is InChI=1S/C63H84N12O28/c1-24(26-6-3-2-4-7-26)39-55(93)69-30(14-25-10-12-28(13-11-25)98-60-49(89)46(86)51(35(21-78)100-60)103-61-50(90)47(87)52-36(101-61)22-97-59(102-52)27-8-5-9-29(15-27)96-23-38(80)81)54(92)73-40(42(82)31-16-67-62(64)71-31)57(95)74-41(56(94)70-32(19-76)53(91)66-18-37(79)72-39)43(83)33-17-68-63(65)75(33)58-48(88)45(85)44(84)34(20-77)99-58/h2-13,15,24,30-36,39-52,58-61,76-78,82-90H,14,16-23H2,1H3,(H2,65,68)(H,66,91)(H,69,93)(H,70,94)(H,72,79)(H,73,92)(H,74,95)(H,80,81)(H3,64,67,71). The highest BCUT2D eigenvalue weighted by Crippen LogP contribution is 2.38. The Balaban J connectivity index is 0.891. The Morgan fingerprint density at radius 1 is 0.631 bits per heavy atom. The highest BCUT2D eigenvalue weighted by Gasteiger charge is 2.55. The van der Waals surface area contributed by atoms with Gasteiger partial charge in [0.2, 0.25) is 41.7 Å². The summed E-state index contributed by atoms with van der Waals surface area (Å²) in [4.78, 5) is 108. The number of aliphatic hydroxyl groups excluding tert-OH is 12. The molecule has 10 rings (SSSR count). The van der Waals surface area contributed by atoms with E-state index in [0.29, 0.717) is 11.1 Å². The number of hydrogen-bond donors (Lipinski definition) is 22. The summed E-state index contributed by atoms with van der Waals surface area (Å²) < 4.78 is 46.4. The van der Waals surface area contributed by atoms with Gasteiger partial charge in [-0.1, -0.05) is 61.5 Å². The summed E-state index contributed by atoms with van der Waals surface area (Å²) in [5.74, 6) is -10.1. The van der Waals surface area contributed by atoms with Gasteiger partial charge in [-0.25, -0.2) is 4.79 Å². The van der Waals surface area contributed by atoms with Gasteiger partial charge in [-0.2, -0.15) is 0 Å². The van der Waals surface area contributed by atoms with Crippen LogP contribution in [0.15, 0.2) is 88.8 Å². The molecule has 7 aliphatic rings. The molecule has 3 aromatic carbocycles. The Kier molecular flexibility index (Phi) is 25.3. The van der Waals surface area contributed by atoms with Gasteiger partial charge in [0.05, 0.1) is 58.1 Å². The fourth-order valence-corrected chi connectivity index (χ4v) is 12.8. The minimum absolute atomic E-state index is 0.0733. The van der Waals surface area contributed by atoms with Crippen molar-refractivity contribution in [2.45, 2.75) is 172 Å². The van der Waals surface area contributed by atoms with E-state index in [2.05, 4.69) is 47.2 Å². The molecule has 40 nitrogen and oxygen atoms in total. The summed E-state index contributed by atoms with van der Waals surface area (Å²) >= 11 is 0. The molecule has 40 heteroatoms. The van der Waals surface area contributed by atoms with Gasteiger partial charge in [-0.3, -0.25) is 38.8 Å². The van der Waals surface area contributed by atoms with Crippen molar-refractivity contribution in [3.05, 3.63) is 95.6 Å². The van der Waals surface area contributed by atoms with Crippen LogP contribution in [0, 0.1) is 0 Å². The molecule has 24 N–H and O–H groups in total. The van der Waals surface area contributed by atoms with Crippen LogP contribution >= 0.6 is 0 Å². The molecule has 5 saturated heterocycles. The number of nitrogens with zero attached hydrogens (tertiary/aromatic N) is 3. The van der Waals surface area contributed by atoms with Crippen LogP contribution in [0.25, 0.3) is 0 Å². The molecule has 0 saturated carbocycles. The fourth-order valence-electron chi connectivity index (χ4n) is 12.8. The first-order valence-corrected chi connectivity index (χ1v) is 32.7. The molecule has 0 radical (unpaired) electrons. The Morgan fingerprint density at radius 3 is 1.98 bits per heavy atom. The van der Waals surface area contributed by atoms with Gasteiger partial charge in [0, 0.05) is 17.9 Å². The largest absolute Gasteiger partial charge is 0.482 e. The number of carbonyl (C=O) groups is 7. The zero-order chi connectivity index (χ0) is 74.2. The van der Waals surface area contributed by atoms with E-state index in [0.717, 1.165) is 4.90 Å². The molecule has 26 atom stereocenters. The van der Waals surface area contributed by atoms with E-state index in [1.165, 1.54) is 36.4 Å². The van der Waals surface area contributed by atoms with E-state index in [1.807, 2.05) is 0 Å². The average molecular weight is 1460 g/mol. The van der Waals surface area contributed by atoms with Crippen LogP contribution in [0.2, 0.25) is 0 Å². The number of aliphatic hydroxyl groups is 12. The second kappa shape index (κ2) is 33.9. The van der Waals surface area contributed by atoms with E-state index < -0.39 is 252 Å². The van der Waals surface area contributed by atoms with Crippen molar-refractivity contribution in [2.75, 3.05) is 52.7 Å². The molecule has 0 aromatic heterocycles. The zero-order valence-corrected chi connectivity index (χ0v) is 54.8. The second-order valence-corrected chi connectivity index (χ2v) is 25.4. The number of carbonyl (C=O) groups excluding carboxylic acids is 6. The smallest absolute Gasteiger partial charge is 0.341 e. The second-order valence-electron chi connectivity index (χ2n) is 25.4. The molecule has 7 heterocycles. The summed E-state index contributed by atoms with van der Waals surface area (Å²) in [5, 5.41) is 160. The lowest BCUT2D eigenvalue weighted by Crippen LogP contribution is -2.70. The molecular formula is C63H84N12O28. The molecular weight excluding hydrogens is 1370 g/mol. The van der Waals surface area contributed by atoms with Crippen LogP contribution < -0.4 is 58.2 Å². The summed E-state index contributed by atoms with van der Waals surface area (Å²) in [6.45, 7) is -4.04. The number of guanidine groups is 2. The number of carboxylic acid groups (broad SMARTS) is 1. The molecule has 0 aliphatic carbocycles. The summed E-state index contributed by atoms with van der Waals surface area (Å²) in [7, 11) is 0. The van der Waals surface area contributed by atoms with Crippen molar-refractivity contribution >= 4 is 53.3 Å². The SMILES string of the molecule is CC(c1ccccc1)C1NC(=O)CNC(=O)C(CO)NC(=O)C(C(O)C2CN=C(N)N2C2OC(CO)C(O)C(O)C2O)NC(=O)C(C(O)C2CN=C(N)N2)NC(=O)C(Cc2ccc(OC3OC(CO)C(OC4OC5COC(c6cccc(OCC(=O)O)c6)OC5C(O)C4O)C(O)C3O)cc2)NC1=O. The molecule has 7 aliphatic heterocycles. The van der Waals surface area contributed by atoms with Crippen LogP contribution in [-0.2, 0) is 68.4 Å². The number of aliphatic carboxylic acids is 1. The Morgan fingerprint density at radius 2 is 1.30 bits per heavy atom. The first-order chi connectivity index (χ1) is 49.2. The van der Waals surface area contributed by atoms with Crippen LogP contribution in [-0.4, -0.2) is 324 Å².